The Kier molecular flexibility index (Phi) is 7.02. The predicted octanol–water partition coefficient (Wildman–Crippen LogP) is 2.98. The van der Waals surface area contributed by atoms with E-state index >= 15 is 0 Å². The Bertz CT molecular complexity index is 402. The summed E-state index contributed by atoms with van der Waals surface area (Å²) in [5.74, 6) is 0.197. The average Bonchev–Trinajstić information content (AvgIpc) is 2.81. The lowest BCUT2D eigenvalue weighted by Gasteiger charge is -2.26. The van der Waals surface area contributed by atoms with Crippen molar-refractivity contribution >= 4 is 34.5 Å². The van der Waals surface area contributed by atoms with Crippen LogP contribution in [0.2, 0.25) is 0 Å². The van der Waals surface area contributed by atoms with Gasteiger partial charge in [-0.3, -0.25) is 4.79 Å². The van der Waals surface area contributed by atoms with E-state index in [9.17, 15) is 4.79 Å². The number of hydrogen-bond acceptors (Lipinski definition) is 3. The maximum absolute atomic E-state index is 12.2. The molecular formula is C14H22N2OS2. The summed E-state index contributed by atoms with van der Waals surface area (Å²) in [7, 11) is 0. The summed E-state index contributed by atoms with van der Waals surface area (Å²) in [6.07, 6.45) is 3.07. The predicted molar refractivity (Wildman–Crippen MR) is 85.5 cm³/mol. The lowest BCUT2D eigenvalue weighted by atomic mass is 10.1. The second-order valence-electron chi connectivity index (χ2n) is 4.83. The Balaban J connectivity index is 2.36. The largest absolute Gasteiger partial charge is 0.393 e. The molecule has 0 fully saturated rings. The maximum Gasteiger partial charge on any atom is 0.222 e. The molecule has 1 aromatic rings. The fourth-order valence-electron chi connectivity index (χ4n) is 1.91. The van der Waals surface area contributed by atoms with Gasteiger partial charge in [0.25, 0.3) is 0 Å². The Labute approximate surface area is 124 Å². The minimum Gasteiger partial charge on any atom is -0.393 e. The van der Waals surface area contributed by atoms with Crippen LogP contribution in [0.5, 0.6) is 0 Å². The Morgan fingerprint density at radius 3 is 2.74 bits per heavy atom. The molecule has 106 valence electrons. The number of carbonyl (C=O) groups excluding carboxylic acids is 1. The van der Waals surface area contributed by atoms with Gasteiger partial charge in [-0.15, -0.1) is 11.3 Å². The molecule has 0 unspecified atom stereocenters. The number of carbonyl (C=O) groups is 1. The number of hydrogen-bond donors (Lipinski definition) is 1. The summed E-state index contributed by atoms with van der Waals surface area (Å²) in [6.45, 7) is 4.68. The van der Waals surface area contributed by atoms with Gasteiger partial charge in [-0.25, -0.2) is 0 Å². The molecule has 0 aliphatic heterocycles. The third-order valence-electron chi connectivity index (χ3n) is 2.94. The zero-order valence-electron chi connectivity index (χ0n) is 11.6. The minimum absolute atomic E-state index is 0.197. The van der Waals surface area contributed by atoms with Gasteiger partial charge >= 0.3 is 0 Å². The molecule has 1 amide bonds. The van der Waals surface area contributed by atoms with Gasteiger partial charge in [0.2, 0.25) is 5.91 Å². The highest BCUT2D eigenvalue weighted by molar-refractivity contribution is 7.80. The molecule has 3 nitrogen and oxygen atoms in total. The van der Waals surface area contributed by atoms with E-state index in [0.29, 0.717) is 24.4 Å². The molecular weight excluding hydrogens is 276 g/mol. The molecule has 0 radical (unpaired) electrons. The molecule has 0 aliphatic rings. The molecule has 0 atom stereocenters. The third-order valence-corrected chi connectivity index (χ3v) is 4.08. The smallest absolute Gasteiger partial charge is 0.222 e. The van der Waals surface area contributed by atoms with Crippen LogP contribution >= 0.6 is 23.6 Å². The van der Waals surface area contributed by atoms with E-state index in [1.165, 1.54) is 4.88 Å². The van der Waals surface area contributed by atoms with Gasteiger partial charge in [-0.1, -0.05) is 18.3 Å². The molecule has 1 rings (SSSR count). The summed E-state index contributed by atoms with van der Waals surface area (Å²) in [5.41, 5.74) is 5.50. The first-order valence-electron chi connectivity index (χ1n) is 6.61. The van der Waals surface area contributed by atoms with Gasteiger partial charge in [-0.2, -0.15) is 0 Å². The lowest BCUT2D eigenvalue weighted by molar-refractivity contribution is -0.132. The van der Waals surface area contributed by atoms with Crippen LogP contribution in [0.1, 0.15) is 38.0 Å². The van der Waals surface area contributed by atoms with Gasteiger partial charge in [0.05, 0.1) is 4.99 Å². The third kappa shape index (κ3) is 6.16. The van der Waals surface area contributed by atoms with Crippen molar-refractivity contribution in [2.24, 2.45) is 5.73 Å². The quantitative estimate of drug-likeness (QED) is 0.751. The fourth-order valence-corrected chi connectivity index (χ4v) is 2.76. The summed E-state index contributed by atoms with van der Waals surface area (Å²) >= 11 is 6.61. The summed E-state index contributed by atoms with van der Waals surface area (Å²) in [6, 6.07) is 4.36. The van der Waals surface area contributed by atoms with Gasteiger partial charge in [-0.05, 0) is 38.1 Å². The normalized spacial score (nSPS) is 10.7. The molecule has 19 heavy (non-hydrogen) atoms. The summed E-state index contributed by atoms with van der Waals surface area (Å²) in [5, 5.41) is 2.07. The number of nitrogens with zero attached hydrogens (tertiary/aromatic N) is 1. The second kappa shape index (κ2) is 8.27. The van der Waals surface area contributed by atoms with Crippen molar-refractivity contribution < 1.29 is 4.79 Å². The van der Waals surface area contributed by atoms with Gasteiger partial charge in [0, 0.05) is 30.3 Å². The highest BCUT2D eigenvalue weighted by atomic mass is 32.1. The summed E-state index contributed by atoms with van der Waals surface area (Å²) in [4.78, 5) is 15.8. The van der Waals surface area contributed by atoms with Crippen LogP contribution in [0.25, 0.3) is 0 Å². The van der Waals surface area contributed by atoms with E-state index in [2.05, 4.69) is 11.4 Å². The van der Waals surface area contributed by atoms with Crippen LogP contribution in [0.3, 0.4) is 0 Å². The number of aryl methyl sites for hydroxylation is 1. The first kappa shape index (κ1) is 16.1. The van der Waals surface area contributed by atoms with E-state index in [1.807, 2.05) is 24.8 Å². The highest BCUT2D eigenvalue weighted by Gasteiger charge is 2.16. The van der Waals surface area contributed by atoms with Gasteiger partial charge < -0.3 is 10.6 Å². The zero-order valence-corrected chi connectivity index (χ0v) is 13.2. The van der Waals surface area contributed by atoms with E-state index in [1.54, 1.807) is 11.3 Å². The van der Waals surface area contributed by atoms with Crippen LogP contribution in [0.4, 0.5) is 0 Å². The van der Waals surface area contributed by atoms with Crippen molar-refractivity contribution in [2.75, 3.05) is 6.54 Å². The zero-order chi connectivity index (χ0) is 14.3. The number of nitrogens with two attached hydrogens (primary N) is 1. The molecule has 0 spiro atoms. The molecule has 0 bridgehead atoms. The van der Waals surface area contributed by atoms with Crippen LogP contribution < -0.4 is 5.73 Å². The van der Waals surface area contributed by atoms with Crippen molar-refractivity contribution in [1.82, 2.24) is 4.90 Å². The van der Waals surface area contributed by atoms with Crippen molar-refractivity contribution in [3.63, 3.8) is 0 Å². The van der Waals surface area contributed by atoms with Crippen LogP contribution in [0.15, 0.2) is 17.5 Å². The fraction of sp³-hybridized carbons (Fsp3) is 0.571. The van der Waals surface area contributed by atoms with Crippen molar-refractivity contribution in [2.45, 2.75) is 45.6 Å². The maximum atomic E-state index is 12.2. The summed E-state index contributed by atoms with van der Waals surface area (Å²) < 4.78 is 0. The van der Waals surface area contributed by atoms with Crippen LogP contribution in [0, 0.1) is 0 Å². The molecule has 0 aliphatic carbocycles. The number of thiophene rings is 1. The Morgan fingerprint density at radius 2 is 2.21 bits per heavy atom. The van der Waals surface area contributed by atoms with Crippen LogP contribution in [-0.2, 0) is 11.2 Å². The van der Waals surface area contributed by atoms with Gasteiger partial charge in [0.15, 0.2) is 0 Å². The number of amides is 1. The lowest BCUT2D eigenvalue weighted by Crippen LogP contribution is -2.38. The molecule has 0 saturated carbocycles. The Hall–Kier alpha value is -0.940. The van der Waals surface area contributed by atoms with E-state index in [-0.39, 0.29) is 11.9 Å². The van der Waals surface area contributed by atoms with Gasteiger partial charge in [0.1, 0.15) is 0 Å². The Morgan fingerprint density at radius 1 is 1.47 bits per heavy atom. The molecule has 0 saturated heterocycles. The van der Waals surface area contributed by atoms with Crippen molar-refractivity contribution in [3.05, 3.63) is 22.4 Å². The van der Waals surface area contributed by atoms with Crippen LogP contribution in [-0.4, -0.2) is 28.4 Å². The topological polar surface area (TPSA) is 46.3 Å². The second-order valence-corrected chi connectivity index (χ2v) is 6.39. The average molecular weight is 298 g/mol. The monoisotopic (exact) mass is 298 g/mol. The first-order valence-corrected chi connectivity index (χ1v) is 7.89. The highest BCUT2D eigenvalue weighted by Crippen LogP contribution is 2.13. The van der Waals surface area contributed by atoms with E-state index in [0.717, 1.165) is 12.8 Å². The SMILES string of the molecule is CC(C)N(CCC(N)=S)C(=O)CCCc1cccs1. The molecule has 1 heterocycles. The van der Waals surface area contributed by atoms with Crippen molar-refractivity contribution in [1.29, 1.82) is 0 Å². The van der Waals surface area contributed by atoms with E-state index in [4.69, 9.17) is 18.0 Å². The van der Waals surface area contributed by atoms with E-state index < -0.39 is 0 Å². The molecule has 0 aromatic carbocycles. The van der Waals surface area contributed by atoms with Crippen molar-refractivity contribution in [3.8, 4) is 0 Å². The molecule has 5 heteroatoms. The standard InChI is InChI=1S/C14H22N2OS2/c1-11(2)16(9-8-13(15)18)14(17)7-3-5-12-6-4-10-19-12/h4,6,10-11H,3,5,7-9H2,1-2H3,(H2,15,18). The molecule has 1 aromatic heterocycles. The number of thiocarbonyl (C=S) groups is 1. The number of rotatable bonds is 8. The minimum atomic E-state index is 0.197. The molecule has 2 N–H and O–H groups in total. The first-order chi connectivity index (χ1) is 9.00.